The number of hydrogen-bond donors (Lipinski definition) is 1. The van der Waals surface area contributed by atoms with Crippen molar-refractivity contribution >= 4 is 39.3 Å². The van der Waals surface area contributed by atoms with Gasteiger partial charge in [0.05, 0.1) is 18.7 Å². The molecule has 0 aromatic heterocycles. The Balaban J connectivity index is 1.49. The van der Waals surface area contributed by atoms with Crippen LogP contribution in [0.3, 0.4) is 0 Å². The van der Waals surface area contributed by atoms with Crippen molar-refractivity contribution in [3.8, 4) is 5.75 Å². The maximum absolute atomic E-state index is 12.5. The number of benzene rings is 2. The maximum Gasteiger partial charge on any atom is 0.238 e. The number of hydrogen-bond acceptors (Lipinski definition) is 5. The van der Waals surface area contributed by atoms with Crippen LogP contribution in [0.1, 0.15) is 5.56 Å². The number of carbonyl (C=O) groups excluding carboxylic acids is 1. The van der Waals surface area contributed by atoms with E-state index >= 15 is 0 Å². The Morgan fingerprint density at radius 1 is 1.13 bits per heavy atom. The Morgan fingerprint density at radius 3 is 2.47 bits per heavy atom. The first-order chi connectivity index (χ1) is 14.4. The minimum atomic E-state index is -3.49. The summed E-state index contributed by atoms with van der Waals surface area (Å²) in [4.78, 5) is 14.2. The van der Waals surface area contributed by atoms with Crippen LogP contribution in [-0.4, -0.2) is 63.4 Å². The van der Waals surface area contributed by atoms with Crippen molar-refractivity contribution in [2.45, 2.75) is 0 Å². The highest BCUT2D eigenvalue weighted by Gasteiger charge is 2.26. The van der Waals surface area contributed by atoms with Crippen molar-refractivity contribution < 1.29 is 17.9 Å². The molecule has 0 atom stereocenters. The molecule has 1 aliphatic rings. The fourth-order valence-corrected chi connectivity index (χ4v) is 4.54. The lowest BCUT2D eigenvalue weighted by Crippen LogP contribution is -2.49. The summed E-state index contributed by atoms with van der Waals surface area (Å²) in [5.41, 5.74) is 1.41. The third-order valence-corrected chi connectivity index (χ3v) is 6.59. The molecule has 160 valence electrons. The van der Waals surface area contributed by atoms with Crippen LogP contribution in [0.5, 0.6) is 5.75 Å². The van der Waals surface area contributed by atoms with Crippen molar-refractivity contribution in [3.63, 3.8) is 0 Å². The van der Waals surface area contributed by atoms with Crippen molar-refractivity contribution in [1.29, 1.82) is 0 Å². The zero-order chi connectivity index (χ0) is 21.6. The van der Waals surface area contributed by atoms with Crippen LogP contribution >= 0.6 is 11.6 Å². The molecule has 0 unspecified atom stereocenters. The normalized spacial score (nSPS) is 15.9. The molecule has 9 heteroatoms. The van der Waals surface area contributed by atoms with Gasteiger partial charge in [0.15, 0.2) is 0 Å². The number of nitrogens with one attached hydrogen (secondary N) is 1. The number of nitrogens with zero attached hydrogens (tertiary/aromatic N) is 2. The Hall–Kier alpha value is -2.39. The summed E-state index contributed by atoms with van der Waals surface area (Å²) in [6, 6.07) is 14.3. The molecule has 0 aliphatic carbocycles. The second-order valence-electron chi connectivity index (χ2n) is 6.83. The minimum Gasteiger partial charge on any atom is -0.495 e. The van der Waals surface area contributed by atoms with Gasteiger partial charge in [-0.2, -0.15) is 4.31 Å². The molecule has 30 heavy (non-hydrogen) atoms. The van der Waals surface area contributed by atoms with Gasteiger partial charge >= 0.3 is 0 Å². The van der Waals surface area contributed by atoms with E-state index in [9.17, 15) is 13.2 Å². The molecule has 0 spiro atoms. The second-order valence-corrected chi connectivity index (χ2v) is 9.06. The Labute approximate surface area is 181 Å². The molecule has 1 heterocycles. The highest BCUT2D eigenvalue weighted by molar-refractivity contribution is 7.92. The third kappa shape index (κ3) is 6.06. The van der Waals surface area contributed by atoms with Crippen molar-refractivity contribution in [1.82, 2.24) is 9.21 Å². The van der Waals surface area contributed by atoms with Gasteiger partial charge in [-0.05, 0) is 29.8 Å². The summed E-state index contributed by atoms with van der Waals surface area (Å²) in [5, 5.41) is 4.45. The molecule has 1 aliphatic heterocycles. The zero-order valence-electron chi connectivity index (χ0n) is 16.6. The summed E-state index contributed by atoms with van der Waals surface area (Å²) in [7, 11) is -1.97. The van der Waals surface area contributed by atoms with Crippen LogP contribution in [0.15, 0.2) is 53.9 Å². The quantitative estimate of drug-likeness (QED) is 0.703. The summed E-state index contributed by atoms with van der Waals surface area (Å²) < 4.78 is 31.6. The van der Waals surface area contributed by atoms with Gasteiger partial charge in [-0.25, -0.2) is 8.42 Å². The molecule has 7 nitrogen and oxygen atoms in total. The molecule has 3 rings (SSSR count). The fraction of sp³-hybridized carbons (Fsp3) is 0.286. The highest BCUT2D eigenvalue weighted by atomic mass is 35.5. The van der Waals surface area contributed by atoms with E-state index < -0.39 is 10.0 Å². The second kappa shape index (κ2) is 10.1. The molecule has 0 bridgehead atoms. The van der Waals surface area contributed by atoms with Gasteiger partial charge in [0.1, 0.15) is 5.75 Å². The Bertz CT molecular complexity index is 1000. The largest absolute Gasteiger partial charge is 0.495 e. The summed E-state index contributed by atoms with van der Waals surface area (Å²) in [6.07, 6.45) is 1.59. The summed E-state index contributed by atoms with van der Waals surface area (Å²) in [5.74, 6) is 0.352. The number of rotatable bonds is 7. The van der Waals surface area contributed by atoms with E-state index in [1.807, 2.05) is 35.2 Å². The van der Waals surface area contributed by atoms with Crippen molar-refractivity contribution in [2.75, 3.05) is 45.2 Å². The van der Waals surface area contributed by atoms with Crippen LogP contribution in [0.25, 0.3) is 6.08 Å². The van der Waals surface area contributed by atoms with E-state index in [0.717, 1.165) is 5.56 Å². The maximum atomic E-state index is 12.5. The molecule has 1 saturated heterocycles. The first-order valence-corrected chi connectivity index (χ1v) is 11.3. The van der Waals surface area contributed by atoms with Crippen molar-refractivity contribution in [3.05, 3.63) is 64.5 Å². The minimum absolute atomic E-state index is 0.178. The summed E-state index contributed by atoms with van der Waals surface area (Å²) in [6.45, 7) is 1.81. The topological polar surface area (TPSA) is 79.0 Å². The van der Waals surface area contributed by atoms with Crippen LogP contribution < -0.4 is 10.1 Å². The number of piperazine rings is 1. The van der Waals surface area contributed by atoms with Gasteiger partial charge in [-0.3, -0.25) is 9.69 Å². The van der Waals surface area contributed by atoms with Crippen molar-refractivity contribution in [2.24, 2.45) is 0 Å². The first kappa shape index (κ1) is 22.3. The third-order valence-electron chi connectivity index (χ3n) is 4.73. The average Bonchev–Trinajstić information content (AvgIpc) is 2.73. The molecule has 1 N–H and O–H groups in total. The lowest BCUT2D eigenvalue weighted by molar-refractivity contribution is -0.117. The molecule has 2 aromatic carbocycles. The van der Waals surface area contributed by atoms with E-state index in [1.165, 1.54) is 16.8 Å². The van der Waals surface area contributed by atoms with Crippen LogP contribution in [0, 0.1) is 0 Å². The number of halogens is 1. The SMILES string of the molecule is COc1ccc(NC(=O)CN2CCN(S(=O)(=O)C=Cc3ccccc3)CC2)cc1Cl. The van der Waals surface area contributed by atoms with E-state index in [-0.39, 0.29) is 12.5 Å². The van der Waals surface area contributed by atoms with Gasteiger partial charge in [0.25, 0.3) is 0 Å². The lowest BCUT2D eigenvalue weighted by atomic mass is 10.2. The Kier molecular flexibility index (Phi) is 7.49. The number of sulfonamides is 1. The number of ether oxygens (including phenoxy) is 1. The van der Waals surface area contributed by atoms with E-state index in [0.29, 0.717) is 42.6 Å². The van der Waals surface area contributed by atoms with Crippen LogP contribution in [0.2, 0.25) is 5.02 Å². The van der Waals surface area contributed by atoms with Gasteiger partial charge in [-0.1, -0.05) is 41.9 Å². The van der Waals surface area contributed by atoms with Crippen LogP contribution in [0.4, 0.5) is 5.69 Å². The standard InChI is InChI=1S/C21H24ClN3O4S/c1-29-20-8-7-18(15-19(20)22)23-21(26)16-24-10-12-25(13-11-24)30(27,28)14-9-17-5-3-2-4-6-17/h2-9,14-15H,10-13,16H2,1H3,(H,23,26). The van der Waals surface area contributed by atoms with Gasteiger partial charge in [0.2, 0.25) is 15.9 Å². The molecular weight excluding hydrogens is 426 g/mol. The average molecular weight is 450 g/mol. The van der Waals surface area contributed by atoms with Gasteiger partial charge in [0, 0.05) is 37.3 Å². The van der Waals surface area contributed by atoms with Gasteiger partial charge in [-0.15, -0.1) is 0 Å². The predicted octanol–water partition coefficient (Wildman–Crippen LogP) is 2.91. The molecule has 2 aromatic rings. The fourth-order valence-electron chi connectivity index (χ4n) is 3.10. The van der Waals surface area contributed by atoms with E-state index in [4.69, 9.17) is 16.3 Å². The molecule has 1 amide bonds. The van der Waals surface area contributed by atoms with Crippen LogP contribution in [-0.2, 0) is 14.8 Å². The smallest absolute Gasteiger partial charge is 0.238 e. The number of anilines is 1. The molecular formula is C21H24ClN3O4S. The number of carbonyl (C=O) groups is 1. The lowest BCUT2D eigenvalue weighted by Gasteiger charge is -2.32. The highest BCUT2D eigenvalue weighted by Crippen LogP contribution is 2.27. The Morgan fingerprint density at radius 2 is 1.83 bits per heavy atom. The summed E-state index contributed by atoms with van der Waals surface area (Å²) >= 11 is 6.07. The molecule has 0 radical (unpaired) electrons. The zero-order valence-corrected chi connectivity index (χ0v) is 18.2. The van der Waals surface area contributed by atoms with E-state index in [2.05, 4.69) is 5.32 Å². The van der Waals surface area contributed by atoms with E-state index in [1.54, 1.807) is 24.3 Å². The number of methoxy groups -OCH3 is 1. The number of amides is 1. The molecule has 0 saturated carbocycles. The first-order valence-electron chi connectivity index (χ1n) is 9.46. The predicted molar refractivity (Wildman–Crippen MR) is 119 cm³/mol. The monoisotopic (exact) mass is 449 g/mol. The van der Waals surface area contributed by atoms with Gasteiger partial charge < -0.3 is 10.1 Å². The molecule has 1 fully saturated rings.